The second-order valence-corrected chi connectivity index (χ2v) is 5.34. The third-order valence-electron chi connectivity index (χ3n) is 3.35. The fraction of sp³-hybridized carbons (Fsp3) is 0.727. The highest BCUT2D eigenvalue weighted by atomic mass is 35.5. The molecule has 1 heterocycles. The Morgan fingerprint density at radius 2 is 2.13 bits per heavy atom. The largest absolute Gasteiger partial charge is 0.381 e. The molecule has 1 aliphatic rings. The Morgan fingerprint density at radius 1 is 1.47 bits per heavy atom. The van der Waals surface area contributed by atoms with E-state index in [0.29, 0.717) is 16.3 Å². The lowest BCUT2D eigenvalue weighted by molar-refractivity contribution is 0.176. The van der Waals surface area contributed by atoms with Gasteiger partial charge in [0.05, 0.1) is 0 Å². The Kier molecular flexibility index (Phi) is 2.91. The first-order valence-electron chi connectivity index (χ1n) is 5.58. The van der Waals surface area contributed by atoms with Crippen molar-refractivity contribution in [2.24, 2.45) is 5.41 Å². The Morgan fingerprint density at radius 3 is 2.67 bits per heavy atom. The summed E-state index contributed by atoms with van der Waals surface area (Å²) >= 11 is 5.88. The van der Waals surface area contributed by atoms with Crippen molar-refractivity contribution in [2.45, 2.75) is 45.6 Å². The second-order valence-electron chi connectivity index (χ2n) is 4.93. The van der Waals surface area contributed by atoms with Gasteiger partial charge in [-0.25, -0.2) is 0 Å². The summed E-state index contributed by atoms with van der Waals surface area (Å²) in [5.74, 6) is 0.441. The van der Waals surface area contributed by atoms with E-state index in [9.17, 15) is 0 Å². The minimum absolute atomic E-state index is 0.375. The minimum Gasteiger partial charge on any atom is -0.381 e. The van der Waals surface area contributed by atoms with Crippen LogP contribution >= 0.6 is 11.6 Å². The van der Waals surface area contributed by atoms with Crippen LogP contribution in [0, 0.1) is 5.41 Å². The number of nitrogens with zero attached hydrogens (tertiary/aromatic N) is 2. The highest BCUT2D eigenvalue weighted by Crippen LogP contribution is 2.37. The van der Waals surface area contributed by atoms with E-state index >= 15 is 0 Å². The maximum Gasteiger partial charge on any atom is 0.164 e. The van der Waals surface area contributed by atoms with Gasteiger partial charge in [0.25, 0.3) is 0 Å². The number of hydrogen-bond acceptors (Lipinski definition) is 2. The molecule has 0 bridgehead atoms. The van der Waals surface area contributed by atoms with E-state index in [1.54, 1.807) is 0 Å². The molecule has 0 atom stereocenters. The van der Waals surface area contributed by atoms with Crippen molar-refractivity contribution in [2.75, 3.05) is 5.73 Å². The van der Waals surface area contributed by atoms with E-state index < -0.39 is 0 Å². The molecule has 1 aromatic heterocycles. The van der Waals surface area contributed by atoms with Gasteiger partial charge >= 0.3 is 0 Å². The quantitative estimate of drug-likeness (QED) is 0.844. The molecule has 84 valence electrons. The Hall–Kier alpha value is -0.700. The summed E-state index contributed by atoms with van der Waals surface area (Å²) < 4.78 is 1.89. The highest BCUT2D eigenvalue weighted by molar-refractivity contribution is 6.32. The van der Waals surface area contributed by atoms with E-state index in [0.717, 1.165) is 6.54 Å². The molecule has 0 spiro atoms. The molecule has 0 amide bonds. The zero-order chi connectivity index (χ0) is 10.9. The van der Waals surface area contributed by atoms with Crippen LogP contribution in [0.1, 0.15) is 39.0 Å². The zero-order valence-electron chi connectivity index (χ0n) is 9.17. The van der Waals surface area contributed by atoms with Crippen molar-refractivity contribution in [1.82, 2.24) is 9.78 Å². The van der Waals surface area contributed by atoms with Gasteiger partial charge < -0.3 is 5.73 Å². The standard InChI is InChI=1S/C11H18ClN3/c1-11(5-3-2-4-6-11)8-15-7-9(12)10(13)14-15/h7H,2-6,8H2,1H3,(H2,13,14). The monoisotopic (exact) mass is 227 g/mol. The van der Waals surface area contributed by atoms with Crippen molar-refractivity contribution in [3.05, 3.63) is 11.2 Å². The van der Waals surface area contributed by atoms with Gasteiger partial charge in [0.1, 0.15) is 5.02 Å². The number of halogens is 1. The third kappa shape index (κ3) is 2.46. The van der Waals surface area contributed by atoms with Crippen LogP contribution in [0.25, 0.3) is 0 Å². The third-order valence-corrected chi connectivity index (χ3v) is 3.64. The molecule has 0 saturated heterocycles. The number of aromatic nitrogens is 2. The van der Waals surface area contributed by atoms with Crippen molar-refractivity contribution in [1.29, 1.82) is 0 Å². The van der Waals surface area contributed by atoms with Crippen LogP contribution in [0.15, 0.2) is 6.20 Å². The molecular weight excluding hydrogens is 210 g/mol. The van der Waals surface area contributed by atoms with Gasteiger partial charge in [0.15, 0.2) is 5.82 Å². The molecule has 1 aromatic rings. The number of nitrogen functional groups attached to an aromatic ring is 1. The van der Waals surface area contributed by atoms with Crippen LogP contribution in [0.5, 0.6) is 0 Å². The summed E-state index contributed by atoms with van der Waals surface area (Å²) in [4.78, 5) is 0. The van der Waals surface area contributed by atoms with Gasteiger partial charge in [-0.3, -0.25) is 4.68 Å². The normalized spacial score (nSPS) is 20.4. The lowest BCUT2D eigenvalue weighted by Gasteiger charge is -2.33. The average Bonchev–Trinajstić information content (AvgIpc) is 2.46. The van der Waals surface area contributed by atoms with Crippen LogP contribution in [0.4, 0.5) is 5.82 Å². The van der Waals surface area contributed by atoms with Crippen molar-refractivity contribution in [3.8, 4) is 0 Å². The van der Waals surface area contributed by atoms with Gasteiger partial charge in [0.2, 0.25) is 0 Å². The minimum atomic E-state index is 0.375. The van der Waals surface area contributed by atoms with Crippen LogP contribution < -0.4 is 5.73 Å². The Balaban J connectivity index is 2.06. The topological polar surface area (TPSA) is 43.8 Å². The van der Waals surface area contributed by atoms with E-state index in [1.165, 1.54) is 32.1 Å². The SMILES string of the molecule is CC1(Cn2cc(Cl)c(N)n2)CCCCC1. The smallest absolute Gasteiger partial charge is 0.164 e. The molecular formula is C11H18ClN3. The lowest BCUT2D eigenvalue weighted by Crippen LogP contribution is -2.26. The van der Waals surface area contributed by atoms with Gasteiger partial charge in [-0.1, -0.05) is 37.8 Å². The maximum atomic E-state index is 5.88. The predicted octanol–water partition coefficient (Wildman–Crippen LogP) is 3.09. The summed E-state index contributed by atoms with van der Waals surface area (Å²) in [6, 6.07) is 0. The van der Waals surface area contributed by atoms with Crippen molar-refractivity contribution < 1.29 is 0 Å². The fourth-order valence-electron chi connectivity index (χ4n) is 2.45. The van der Waals surface area contributed by atoms with E-state index in [1.807, 2.05) is 10.9 Å². The summed E-state index contributed by atoms with van der Waals surface area (Å²) in [6.45, 7) is 3.27. The maximum absolute atomic E-state index is 5.88. The molecule has 0 radical (unpaired) electrons. The average molecular weight is 228 g/mol. The molecule has 3 nitrogen and oxygen atoms in total. The lowest BCUT2D eigenvalue weighted by atomic mass is 9.76. The predicted molar refractivity (Wildman–Crippen MR) is 62.8 cm³/mol. The molecule has 0 unspecified atom stereocenters. The van der Waals surface area contributed by atoms with Gasteiger partial charge in [0, 0.05) is 12.7 Å². The molecule has 1 fully saturated rings. The first-order chi connectivity index (χ1) is 7.09. The Bertz CT molecular complexity index is 320. The molecule has 4 heteroatoms. The van der Waals surface area contributed by atoms with Gasteiger partial charge in [-0.15, -0.1) is 0 Å². The molecule has 0 aliphatic heterocycles. The molecule has 2 N–H and O–H groups in total. The van der Waals surface area contributed by atoms with Crippen molar-refractivity contribution >= 4 is 17.4 Å². The summed E-state index contributed by atoms with van der Waals surface area (Å²) in [6.07, 6.45) is 8.44. The number of rotatable bonds is 2. The van der Waals surface area contributed by atoms with Crippen molar-refractivity contribution in [3.63, 3.8) is 0 Å². The summed E-state index contributed by atoms with van der Waals surface area (Å²) in [5.41, 5.74) is 6.00. The second kappa shape index (κ2) is 4.05. The van der Waals surface area contributed by atoms with E-state index in [4.69, 9.17) is 17.3 Å². The van der Waals surface area contributed by atoms with Crippen LogP contribution in [0.2, 0.25) is 5.02 Å². The molecule has 2 rings (SSSR count). The first-order valence-corrected chi connectivity index (χ1v) is 5.95. The molecule has 1 saturated carbocycles. The number of nitrogens with two attached hydrogens (primary N) is 1. The first kappa shape index (κ1) is 10.8. The summed E-state index contributed by atoms with van der Waals surface area (Å²) in [5, 5.41) is 4.78. The summed E-state index contributed by atoms with van der Waals surface area (Å²) in [7, 11) is 0. The van der Waals surface area contributed by atoms with Gasteiger partial charge in [-0.2, -0.15) is 5.10 Å². The number of anilines is 1. The zero-order valence-corrected chi connectivity index (χ0v) is 9.93. The van der Waals surface area contributed by atoms with Crippen LogP contribution in [-0.4, -0.2) is 9.78 Å². The number of hydrogen-bond donors (Lipinski definition) is 1. The van der Waals surface area contributed by atoms with Crippen LogP contribution in [0.3, 0.4) is 0 Å². The van der Waals surface area contributed by atoms with E-state index in [-0.39, 0.29) is 0 Å². The highest BCUT2D eigenvalue weighted by Gasteiger charge is 2.27. The van der Waals surface area contributed by atoms with E-state index in [2.05, 4.69) is 12.0 Å². The Labute approximate surface area is 95.6 Å². The molecule has 1 aliphatic carbocycles. The molecule has 15 heavy (non-hydrogen) atoms. The fourth-order valence-corrected chi connectivity index (χ4v) is 2.60. The molecule has 0 aromatic carbocycles. The van der Waals surface area contributed by atoms with Gasteiger partial charge in [-0.05, 0) is 18.3 Å². The van der Waals surface area contributed by atoms with Crippen LogP contribution in [-0.2, 0) is 6.54 Å².